The minimum atomic E-state index is -0.414. The van der Waals surface area contributed by atoms with E-state index in [0.29, 0.717) is 19.4 Å². The minimum Gasteiger partial charge on any atom is -0.393 e. The molecule has 0 radical (unpaired) electrons. The number of hydrogen-bond donors (Lipinski definition) is 2. The van der Waals surface area contributed by atoms with Gasteiger partial charge in [0.05, 0.1) is 18.8 Å². The summed E-state index contributed by atoms with van der Waals surface area (Å²) in [5.74, 6) is -0.0160. The highest BCUT2D eigenvalue weighted by Crippen LogP contribution is 2.02. The normalized spacial score (nSPS) is 24.1. The lowest BCUT2D eigenvalue weighted by Crippen LogP contribution is -2.45. The van der Waals surface area contributed by atoms with Crippen LogP contribution >= 0.6 is 0 Å². The molecule has 1 saturated heterocycles. The number of ether oxygens (including phenoxy) is 1. The van der Waals surface area contributed by atoms with Crippen molar-refractivity contribution in [2.75, 3.05) is 33.3 Å². The molecule has 0 spiro atoms. The van der Waals surface area contributed by atoms with E-state index < -0.39 is 6.10 Å². The first kappa shape index (κ1) is 13.4. The molecule has 2 N–H and O–H groups in total. The van der Waals surface area contributed by atoms with Crippen LogP contribution in [0.2, 0.25) is 0 Å². The summed E-state index contributed by atoms with van der Waals surface area (Å²) >= 11 is 0. The molecule has 1 fully saturated rings. The van der Waals surface area contributed by atoms with Crippen LogP contribution in [0.3, 0.4) is 0 Å². The molecule has 0 aliphatic carbocycles. The maximum Gasteiger partial charge on any atom is 0.220 e. The van der Waals surface area contributed by atoms with Crippen molar-refractivity contribution in [2.45, 2.75) is 32.0 Å². The second-order valence-electron chi connectivity index (χ2n) is 4.45. The maximum atomic E-state index is 11.4. The molecular formula is C11H22N2O3. The Balaban J connectivity index is 2.11. The number of likely N-dealkylation sites (N-methyl/N-ethyl adjacent to an activating group) is 1. The van der Waals surface area contributed by atoms with Crippen LogP contribution < -0.4 is 5.32 Å². The molecule has 94 valence electrons. The summed E-state index contributed by atoms with van der Waals surface area (Å²) in [6, 6.07) is 0. The van der Waals surface area contributed by atoms with E-state index in [1.807, 2.05) is 7.05 Å². The largest absolute Gasteiger partial charge is 0.393 e. The smallest absolute Gasteiger partial charge is 0.220 e. The molecule has 1 aliphatic heterocycles. The number of aliphatic hydroxyl groups is 1. The van der Waals surface area contributed by atoms with Gasteiger partial charge in [-0.05, 0) is 20.4 Å². The van der Waals surface area contributed by atoms with E-state index in [1.54, 1.807) is 6.92 Å². The molecule has 0 bridgehead atoms. The molecule has 5 heteroatoms. The summed E-state index contributed by atoms with van der Waals surface area (Å²) in [4.78, 5) is 13.6. The van der Waals surface area contributed by atoms with Crippen LogP contribution in [0, 0.1) is 0 Å². The fourth-order valence-electron chi connectivity index (χ4n) is 1.65. The summed E-state index contributed by atoms with van der Waals surface area (Å²) in [6.45, 7) is 4.78. The van der Waals surface area contributed by atoms with Gasteiger partial charge in [0.2, 0.25) is 5.91 Å². The number of nitrogens with zero attached hydrogens (tertiary/aromatic N) is 1. The van der Waals surface area contributed by atoms with Gasteiger partial charge in [0, 0.05) is 26.1 Å². The lowest BCUT2D eigenvalue weighted by molar-refractivity contribution is -0.122. The van der Waals surface area contributed by atoms with Crippen molar-refractivity contribution in [3.63, 3.8) is 0 Å². The minimum absolute atomic E-state index is 0.0160. The summed E-state index contributed by atoms with van der Waals surface area (Å²) in [7, 11) is 2.05. The third-order valence-electron chi connectivity index (χ3n) is 2.66. The first-order chi connectivity index (χ1) is 7.58. The Kier molecular flexibility index (Phi) is 5.73. The summed E-state index contributed by atoms with van der Waals surface area (Å²) in [6.07, 6.45) is 0.564. The van der Waals surface area contributed by atoms with Gasteiger partial charge in [-0.15, -0.1) is 0 Å². The fourth-order valence-corrected chi connectivity index (χ4v) is 1.65. The third-order valence-corrected chi connectivity index (χ3v) is 2.66. The van der Waals surface area contributed by atoms with Gasteiger partial charge in [0.25, 0.3) is 0 Å². The molecular weight excluding hydrogens is 208 g/mol. The van der Waals surface area contributed by atoms with E-state index in [4.69, 9.17) is 9.84 Å². The van der Waals surface area contributed by atoms with E-state index >= 15 is 0 Å². The van der Waals surface area contributed by atoms with Gasteiger partial charge in [-0.2, -0.15) is 0 Å². The number of carbonyl (C=O) groups is 1. The Bertz CT molecular complexity index is 221. The van der Waals surface area contributed by atoms with Gasteiger partial charge in [-0.25, -0.2) is 0 Å². The Morgan fingerprint density at radius 2 is 2.44 bits per heavy atom. The number of carbonyl (C=O) groups excluding carboxylic acids is 1. The number of rotatable bonds is 5. The third kappa shape index (κ3) is 5.44. The average molecular weight is 230 g/mol. The number of hydrogen-bond acceptors (Lipinski definition) is 4. The van der Waals surface area contributed by atoms with E-state index in [-0.39, 0.29) is 12.0 Å². The van der Waals surface area contributed by atoms with Crippen LogP contribution in [0.5, 0.6) is 0 Å². The van der Waals surface area contributed by atoms with Crippen molar-refractivity contribution in [3.8, 4) is 0 Å². The zero-order chi connectivity index (χ0) is 12.0. The molecule has 0 aromatic heterocycles. The molecule has 0 aromatic rings. The zero-order valence-electron chi connectivity index (χ0n) is 10.1. The van der Waals surface area contributed by atoms with Gasteiger partial charge in [0.1, 0.15) is 0 Å². The quantitative estimate of drug-likeness (QED) is 0.674. The fraction of sp³-hybridized carbons (Fsp3) is 0.909. The highest BCUT2D eigenvalue weighted by atomic mass is 16.5. The standard InChI is InChI=1S/C11H22N2O3/c1-9(14)3-4-11(15)12-7-10-8-13(2)5-6-16-10/h9-10,14H,3-8H2,1-2H3,(H,12,15). The molecule has 1 amide bonds. The second kappa shape index (κ2) is 6.83. The molecule has 1 heterocycles. The number of nitrogens with one attached hydrogen (secondary N) is 1. The van der Waals surface area contributed by atoms with Crippen molar-refractivity contribution in [1.29, 1.82) is 0 Å². The van der Waals surface area contributed by atoms with Crippen LogP contribution in [-0.2, 0) is 9.53 Å². The first-order valence-corrected chi connectivity index (χ1v) is 5.83. The van der Waals surface area contributed by atoms with Gasteiger partial charge < -0.3 is 20.1 Å². The molecule has 0 saturated carbocycles. The monoisotopic (exact) mass is 230 g/mol. The summed E-state index contributed by atoms with van der Waals surface area (Å²) < 4.78 is 5.52. The van der Waals surface area contributed by atoms with Crippen molar-refractivity contribution in [3.05, 3.63) is 0 Å². The SMILES string of the molecule is CC(O)CCC(=O)NCC1CN(C)CCO1. The van der Waals surface area contributed by atoms with Gasteiger partial charge in [-0.1, -0.05) is 0 Å². The Morgan fingerprint density at radius 3 is 3.06 bits per heavy atom. The molecule has 16 heavy (non-hydrogen) atoms. The molecule has 1 aliphatic rings. The Morgan fingerprint density at radius 1 is 1.69 bits per heavy atom. The van der Waals surface area contributed by atoms with E-state index in [2.05, 4.69) is 10.2 Å². The average Bonchev–Trinajstić information content (AvgIpc) is 2.23. The lowest BCUT2D eigenvalue weighted by atomic mass is 10.2. The lowest BCUT2D eigenvalue weighted by Gasteiger charge is -2.30. The number of aliphatic hydroxyl groups excluding tert-OH is 1. The predicted molar refractivity (Wildman–Crippen MR) is 61.2 cm³/mol. The Hall–Kier alpha value is -0.650. The van der Waals surface area contributed by atoms with E-state index in [0.717, 1.165) is 19.7 Å². The van der Waals surface area contributed by atoms with Crippen molar-refractivity contribution in [2.24, 2.45) is 0 Å². The van der Waals surface area contributed by atoms with Gasteiger partial charge >= 0.3 is 0 Å². The van der Waals surface area contributed by atoms with Gasteiger partial charge in [-0.3, -0.25) is 4.79 Å². The number of morpholine rings is 1. The number of amides is 1. The van der Waals surface area contributed by atoms with Crippen molar-refractivity contribution < 1.29 is 14.6 Å². The molecule has 2 unspecified atom stereocenters. The zero-order valence-corrected chi connectivity index (χ0v) is 10.1. The molecule has 5 nitrogen and oxygen atoms in total. The van der Waals surface area contributed by atoms with Crippen LogP contribution in [0.15, 0.2) is 0 Å². The van der Waals surface area contributed by atoms with E-state index in [1.165, 1.54) is 0 Å². The first-order valence-electron chi connectivity index (χ1n) is 5.83. The second-order valence-corrected chi connectivity index (χ2v) is 4.45. The maximum absolute atomic E-state index is 11.4. The topological polar surface area (TPSA) is 61.8 Å². The van der Waals surface area contributed by atoms with E-state index in [9.17, 15) is 4.79 Å². The van der Waals surface area contributed by atoms with Gasteiger partial charge in [0.15, 0.2) is 0 Å². The summed E-state index contributed by atoms with van der Waals surface area (Å²) in [5.41, 5.74) is 0. The van der Waals surface area contributed by atoms with Crippen LogP contribution in [0.25, 0.3) is 0 Å². The van der Waals surface area contributed by atoms with Crippen molar-refractivity contribution in [1.82, 2.24) is 10.2 Å². The highest BCUT2D eigenvalue weighted by Gasteiger charge is 2.18. The molecule has 0 aromatic carbocycles. The van der Waals surface area contributed by atoms with Crippen LogP contribution in [0.4, 0.5) is 0 Å². The molecule has 2 atom stereocenters. The Labute approximate surface area is 96.8 Å². The molecule has 1 rings (SSSR count). The highest BCUT2D eigenvalue weighted by molar-refractivity contribution is 5.75. The predicted octanol–water partition coefficient (Wildman–Crippen LogP) is -0.406. The van der Waals surface area contributed by atoms with Crippen LogP contribution in [-0.4, -0.2) is 61.4 Å². The van der Waals surface area contributed by atoms with Crippen LogP contribution in [0.1, 0.15) is 19.8 Å². The van der Waals surface area contributed by atoms with Crippen molar-refractivity contribution >= 4 is 5.91 Å². The summed E-state index contributed by atoms with van der Waals surface area (Å²) in [5, 5.41) is 11.9.